The van der Waals surface area contributed by atoms with Crippen molar-refractivity contribution in [1.29, 1.82) is 0 Å². The Morgan fingerprint density at radius 1 is 0.863 bits per heavy atom. The maximum atomic E-state index is 15.2. The van der Waals surface area contributed by atoms with Gasteiger partial charge in [-0.15, -0.1) is 0 Å². The van der Waals surface area contributed by atoms with Crippen molar-refractivity contribution >= 4 is 17.7 Å². The number of nitrogens with zero attached hydrogens (tertiary/aromatic N) is 4. The number of hydrogen-bond donors (Lipinski definition) is 2. The molecule has 2 aromatic rings. The third kappa shape index (κ3) is 7.25. The molecule has 7 rings (SSSR count). The molecule has 2 amide bonds. The standard InChI is InChI=1S/C40H52F3N5O3/c1-2-37(49)48-25-32(26-48)40(42,43)30-10-12-34(13-11-30)47-21-14-28(24-47)23-45-19-15-29(16-20-45)39(27-46-17-5-18-46,31-6-3-7-33(41)22-31)35-8-4-9-36(35)44-38(50)51/h2-3,6-7,10-13,22,28-29,32,35-36,44H,1,4-5,8-9,14-21,23-27H2,(H,50,51)/t28-,35-,36-,39-/m0/s1. The van der Waals surface area contributed by atoms with Gasteiger partial charge in [-0.1, -0.05) is 37.3 Å². The van der Waals surface area contributed by atoms with Gasteiger partial charge in [-0.25, -0.2) is 18.0 Å². The first-order chi connectivity index (χ1) is 24.6. The summed E-state index contributed by atoms with van der Waals surface area (Å²) in [7, 11) is 0. The van der Waals surface area contributed by atoms with Gasteiger partial charge in [0.2, 0.25) is 5.91 Å². The van der Waals surface area contributed by atoms with E-state index in [1.165, 1.54) is 29.2 Å². The number of carbonyl (C=O) groups excluding carboxylic acids is 1. The van der Waals surface area contributed by atoms with Crippen LogP contribution in [0.5, 0.6) is 0 Å². The number of rotatable bonds is 12. The van der Waals surface area contributed by atoms with Crippen LogP contribution in [0.4, 0.5) is 23.7 Å². The Morgan fingerprint density at radius 3 is 2.25 bits per heavy atom. The average Bonchev–Trinajstić information content (AvgIpc) is 3.74. The summed E-state index contributed by atoms with van der Waals surface area (Å²) in [6.07, 6.45) is 7.05. The van der Waals surface area contributed by atoms with Crippen molar-refractivity contribution < 1.29 is 27.9 Å². The van der Waals surface area contributed by atoms with Crippen LogP contribution in [0.3, 0.4) is 0 Å². The molecule has 0 aromatic heterocycles. The van der Waals surface area contributed by atoms with Crippen molar-refractivity contribution in [2.45, 2.75) is 62.3 Å². The molecule has 4 aliphatic heterocycles. The summed E-state index contributed by atoms with van der Waals surface area (Å²) in [5.74, 6) is -3.55. The number of carboxylic acid groups (broad SMARTS) is 1. The lowest BCUT2D eigenvalue weighted by molar-refractivity contribution is -0.151. The maximum absolute atomic E-state index is 15.2. The Labute approximate surface area is 299 Å². The van der Waals surface area contributed by atoms with Crippen molar-refractivity contribution in [2.24, 2.45) is 23.7 Å². The first-order valence-corrected chi connectivity index (χ1v) is 18.9. The van der Waals surface area contributed by atoms with E-state index < -0.39 is 17.9 Å². The van der Waals surface area contributed by atoms with E-state index >= 15 is 8.78 Å². The summed E-state index contributed by atoms with van der Waals surface area (Å²) in [5, 5.41) is 12.6. The number of hydrogen-bond acceptors (Lipinski definition) is 5. The van der Waals surface area contributed by atoms with Gasteiger partial charge < -0.3 is 30.0 Å². The fourth-order valence-electron chi connectivity index (χ4n) is 10.0. The summed E-state index contributed by atoms with van der Waals surface area (Å²) in [6, 6.07) is 13.7. The predicted octanol–water partition coefficient (Wildman–Crippen LogP) is 6.18. The highest BCUT2D eigenvalue weighted by Gasteiger charge is 2.53. The molecule has 51 heavy (non-hydrogen) atoms. The van der Waals surface area contributed by atoms with Crippen LogP contribution >= 0.6 is 0 Å². The van der Waals surface area contributed by atoms with E-state index in [0.717, 1.165) is 109 Å². The van der Waals surface area contributed by atoms with Gasteiger partial charge >= 0.3 is 6.09 Å². The second kappa shape index (κ2) is 14.8. The highest BCUT2D eigenvalue weighted by Crippen LogP contribution is 2.51. The van der Waals surface area contributed by atoms with Gasteiger partial charge in [0.25, 0.3) is 5.92 Å². The zero-order valence-corrected chi connectivity index (χ0v) is 29.5. The first-order valence-electron chi connectivity index (χ1n) is 18.9. The van der Waals surface area contributed by atoms with Crippen LogP contribution < -0.4 is 10.2 Å². The molecule has 2 aromatic carbocycles. The number of alkyl halides is 2. The van der Waals surface area contributed by atoms with Gasteiger partial charge in [0, 0.05) is 62.0 Å². The zero-order valence-electron chi connectivity index (χ0n) is 29.5. The SMILES string of the molecule is C=CC(=O)N1CC(C(F)(F)c2ccc(N3CC[C@@H](CN4CCC([C@@](CN5CCC5)(c5cccc(F)c5)[C@H]5CCC[C@@H]5NC(=O)O)CC4)C3)cc2)C1. The molecule has 4 heterocycles. The number of nitrogens with one attached hydrogen (secondary N) is 1. The van der Waals surface area contributed by atoms with Crippen molar-refractivity contribution in [1.82, 2.24) is 20.0 Å². The maximum Gasteiger partial charge on any atom is 0.404 e. The third-order valence-corrected chi connectivity index (χ3v) is 12.9. The topological polar surface area (TPSA) is 79.4 Å². The van der Waals surface area contributed by atoms with Gasteiger partial charge in [0.1, 0.15) is 5.82 Å². The number of carbonyl (C=O) groups is 2. The van der Waals surface area contributed by atoms with Crippen LogP contribution in [0, 0.1) is 29.5 Å². The Morgan fingerprint density at radius 2 is 1.61 bits per heavy atom. The summed E-state index contributed by atoms with van der Waals surface area (Å²) in [6.45, 7) is 11.0. The molecule has 276 valence electrons. The predicted molar refractivity (Wildman–Crippen MR) is 192 cm³/mol. The second-order valence-corrected chi connectivity index (χ2v) is 15.8. The molecule has 4 saturated heterocycles. The van der Waals surface area contributed by atoms with Gasteiger partial charge in [-0.05, 0) is 118 Å². The van der Waals surface area contributed by atoms with Gasteiger partial charge in [0.05, 0.1) is 5.92 Å². The molecule has 0 bridgehead atoms. The lowest BCUT2D eigenvalue weighted by Crippen LogP contribution is -2.59. The molecule has 0 spiro atoms. The molecule has 1 aliphatic carbocycles. The number of anilines is 1. The lowest BCUT2D eigenvalue weighted by atomic mass is 9.57. The summed E-state index contributed by atoms with van der Waals surface area (Å²) >= 11 is 0. The molecular formula is C40H52F3N5O3. The number of likely N-dealkylation sites (tertiary alicyclic amines) is 3. The van der Waals surface area contributed by atoms with E-state index in [1.807, 2.05) is 18.2 Å². The first kappa shape index (κ1) is 35.8. The minimum absolute atomic E-state index is 0.00772. The largest absolute Gasteiger partial charge is 0.465 e. The molecule has 4 atom stereocenters. The van der Waals surface area contributed by atoms with E-state index in [-0.39, 0.29) is 47.8 Å². The highest BCUT2D eigenvalue weighted by molar-refractivity contribution is 5.87. The lowest BCUT2D eigenvalue weighted by Gasteiger charge is -2.53. The zero-order chi connectivity index (χ0) is 35.8. The third-order valence-electron chi connectivity index (χ3n) is 12.9. The number of halogens is 3. The van der Waals surface area contributed by atoms with Gasteiger partial charge in [-0.2, -0.15) is 0 Å². The molecule has 0 unspecified atom stereocenters. The van der Waals surface area contributed by atoms with Crippen LogP contribution in [-0.4, -0.2) is 103 Å². The fraction of sp³-hybridized carbons (Fsp3) is 0.600. The molecule has 2 N–H and O–H groups in total. The smallest absolute Gasteiger partial charge is 0.404 e. The molecule has 11 heteroatoms. The van der Waals surface area contributed by atoms with Crippen LogP contribution in [0.1, 0.15) is 56.1 Å². The molecule has 5 fully saturated rings. The molecule has 5 aliphatic rings. The minimum atomic E-state index is -3.00. The van der Waals surface area contributed by atoms with Gasteiger partial charge in [0.15, 0.2) is 0 Å². The Hall–Kier alpha value is -3.57. The summed E-state index contributed by atoms with van der Waals surface area (Å²) in [4.78, 5) is 32.4. The molecule has 1 saturated carbocycles. The second-order valence-electron chi connectivity index (χ2n) is 15.8. The van der Waals surface area contributed by atoms with Crippen LogP contribution in [0.2, 0.25) is 0 Å². The summed E-state index contributed by atoms with van der Waals surface area (Å²) in [5.41, 5.74) is 1.63. The van der Waals surface area contributed by atoms with Crippen molar-refractivity contribution in [3.8, 4) is 0 Å². The average molecular weight is 708 g/mol. The van der Waals surface area contributed by atoms with Crippen molar-refractivity contribution in [3.63, 3.8) is 0 Å². The van der Waals surface area contributed by atoms with Crippen molar-refractivity contribution in [3.05, 3.63) is 78.1 Å². The van der Waals surface area contributed by atoms with Crippen LogP contribution in [0.15, 0.2) is 61.2 Å². The highest BCUT2D eigenvalue weighted by atomic mass is 19.3. The van der Waals surface area contributed by atoms with E-state index in [0.29, 0.717) is 11.8 Å². The van der Waals surface area contributed by atoms with Crippen molar-refractivity contribution in [2.75, 3.05) is 70.3 Å². The van der Waals surface area contributed by atoms with E-state index in [4.69, 9.17) is 0 Å². The quantitative estimate of drug-likeness (QED) is 0.257. The Balaban J connectivity index is 0.991. The monoisotopic (exact) mass is 707 g/mol. The van der Waals surface area contributed by atoms with Crippen LogP contribution in [-0.2, 0) is 16.1 Å². The molecular weight excluding hydrogens is 655 g/mol. The molecule has 0 radical (unpaired) electrons. The number of piperidine rings is 1. The number of amides is 2. The van der Waals surface area contributed by atoms with E-state index in [2.05, 4.69) is 32.7 Å². The van der Waals surface area contributed by atoms with Gasteiger partial charge in [-0.3, -0.25) is 4.79 Å². The van der Waals surface area contributed by atoms with E-state index in [9.17, 15) is 19.1 Å². The number of benzene rings is 2. The Kier molecular flexibility index (Phi) is 10.4. The van der Waals surface area contributed by atoms with E-state index in [1.54, 1.807) is 6.07 Å². The molecule has 8 nitrogen and oxygen atoms in total. The minimum Gasteiger partial charge on any atom is -0.465 e. The normalized spacial score (nSPS) is 26.4. The van der Waals surface area contributed by atoms with Crippen LogP contribution in [0.25, 0.3) is 0 Å². The summed E-state index contributed by atoms with van der Waals surface area (Å²) < 4.78 is 45.3. The fourth-order valence-corrected chi connectivity index (χ4v) is 10.0. The Bertz CT molecular complexity index is 1560.